The Bertz CT molecular complexity index is 436. The van der Waals surface area contributed by atoms with E-state index in [1.165, 1.54) is 0 Å². The van der Waals surface area contributed by atoms with Crippen LogP contribution in [-0.4, -0.2) is 30.0 Å². The highest BCUT2D eigenvalue weighted by molar-refractivity contribution is 6.30. The highest BCUT2D eigenvalue weighted by Crippen LogP contribution is 2.26. The normalized spacial score (nSPS) is 20.8. The lowest BCUT2D eigenvalue weighted by molar-refractivity contribution is -0.202. The molecule has 1 aromatic carbocycles. The van der Waals surface area contributed by atoms with Crippen molar-refractivity contribution >= 4 is 11.6 Å². The highest BCUT2D eigenvalue weighted by Gasteiger charge is 2.38. The second kappa shape index (κ2) is 5.07. The Morgan fingerprint density at radius 3 is 2.67 bits per heavy atom. The first-order chi connectivity index (χ1) is 8.36. The first-order valence-corrected chi connectivity index (χ1v) is 5.99. The molecule has 2 nitrogen and oxygen atoms in total. The van der Waals surface area contributed by atoms with Crippen molar-refractivity contribution in [2.24, 2.45) is 0 Å². The molecule has 0 saturated carbocycles. The molecular weight excluding hydrogens is 267 g/mol. The SMILES string of the molecule is OC(CNC1Cc2ccc(Cl)cc2C1)C(F)(F)F. The van der Waals surface area contributed by atoms with Gasteiger partial charge < -0.3 is 10.4 Å². The van der Waals surface area contributed by atoms with Crippen molar-refractivity contribution in [3.05, 3.63) is 34.3 Å². The average Bonchev–Trinajstić information content (AvgIpc) is 2.66. The molecule has 0 bridgehead atoms. The van der Waals surface area contributed by atoms with Crippen molar-refractivity contribution in [1.29, 1.82) is 0 Å². The quantitative estimate of drug-likeness (QED) is 0.890. The number of aliphatic hydroxyl groups excluding tert-OH is 1. The Balaban J connectivity index is 1.89. The fraction of sp³-hybridized carbons (Fsp3) is 0.500. The van der Waals surface area contributed by atoms with Crippen molar-refractivity contribution in [2.45, 2.75) is 31.2 Å². The molecule has 2 unspecified atom stereocenters. The van der Waals surface area contributed by atoms with Gasteiger partial charge in [0, 0.05) is 17.6 Å². The van der Waals surface area contributed by atoms with Gasteiger partial charge in [-0.3, -0.25) is 0 Å². The Hall–Kier alpha value is -0.780. The largest absolute Gasteiger partial charge is 0.415 e. The maximum absolute atomic E-state index is 12.1. The Kier molecular flexibility index (Phi) is 3.84. The Morgan fingerprint density at radius 1 is 1.33 bits per heavy atom. The van der Waals surface area contributed by atoms with Gasteiger partial charge in [0.15, 0.2) is 6.10 Å². The number of alkyl halides is 3. The molecule has 1 aliphatic rings. The first kappa shape index (κ1) is 13.6. The molecule has 2 atom stereocenters. The number of hydrogen-bond donors (Lipinski definition) is 2. The molecular formula is C12H13ClF3NO. The number of nitrogens with one attached hydrogen (secondary N) is 1. The van der Waals surface area contributed by atoms with E-state index in [9.17, 15) is 13.2 Å². The summed E-state index contributed by atoms with van der Waals surface area (Å²) in [7, 11) is 0. The number of rotatable bonds is 3. The zero-order valence-electron chi connectivity index (χ0n) is 9.47. The number of hydrogen-bond acceptors (Lipinski definition) is 2. The Morgan fingerprint density at radius 2 is 2.00 bits per heavy atom. The fourth-order valence-electron chi connectivity index (χ4n) is 2.13. The standard InChI is InChI=1S/C12H13ClF3NO/c13-9-2-1-7-4-10(5-8(7)3-9)17-6-11(18)12(14,15)16/h1-3,10-11,17-18H,4-6H2. The lowest BCUT2D eigenvalue weighted by Gasteiger charge is -2.18. The first-order valence-electron chi connectivity index (χ1n) is 5.61. The molecule has 100 valence electrons. The van der Waals surface area contributed by atoms with Crippen LogP contribution in [0.15, 0.2) is 18.2 Å². The van der Waals surface area contributed by atoms with E-state index in [0.717, 1.165) is 11.1 Å². The van der Waals surface area contributed by atoms with Gasteiger partial charge in [-0.2, -0.15) is 13.2 Å². The fourth-order valence-corrected chi connectivity index (χ4v) is 2.32. The summed E-state index contributed by atoms with van der Waals surface area (Å²) >= 11 is 5.85. The molecule has 0 heterocycles. The summed E-state index contributed by atoms with van der Waals surface area (Å²) in [6.45, 7) is -0.476. The van der Waals surface area contributed by atoms with E-state index in [2.05, 4.69) is 5.32 Å². The lowest BCUT2D eigenvalue weighted by Crippen LogP contribution is -2.42. The van der Waals surface area contributed by atoms with Gasteiger partial charge in [-0.05, 0) is 36.1 Å². The molecule has 0 aromatic heterocycles. The van der Waals surface area contributed by atoms with Gasteiger partial charge >= 0.3 is 6.18 Å². The third-order valence-electron chi connectivity index (χ3n) is 3.08. The summed E-state index contributed by atoms with van der Waals surface area (Å²) in [6.07, 6.45) is -5.58. The molecule has 0 spiro atoms. The van der Waals surface area contributed by atoms with Gasteiger partial charge in [-0.15, -0.1) is 0 Å². The van der Waals surface area contributed by atoms with Crippen LogP contribution in [0.5, 0.6) is 0 Å². The van der Waals surface area contributed by atoms with E-state index in [1.54, 1.807) is 6.07 Å². The maximum atomic E-state index is 12.1. The zero-order chi connectivity index (χ0) is 13.3. The van der Waals surface area contributed by atoms with E-state index in [0.29, 0.717) is 17.9 Å². The molecule has 0 amide bonds. The maximum Gasteiger partial charge on any atom is 0.415 e. The van der Waals surface area contributed by atoms with Crippen LogP contribution in [0.4, 0.5) is 13.2 Å². The van der Waals surface area contributed by atoms with E-state index < -0.39 is 18.8 Å². The van der Waals surface area contributed by atoms with Crippen molar-refractivity contribution in [1.82, 2.24) is 5.32 Å². The summed E-state index contributed by atoms with van der Waals surface area (Å²) in [5.74, 6) is 0. The number of aliphatic hydroxyl groups is 1. The predicted octanol–water partition coefficient (Wildman–Crippen LogP) is 2.32. The predicted molar refractivity (Wildman–Crippen MR) is 62.7 cm³/mol. The van der Waals surface area contributed by atoms with Crippen LogP contribution >= 0.6 is 11.6 Å². The van der Waals surface area contributed by atoms with Gasteiger partial charge in [0.05, 0.1) is 0 Å². The molecule has 6 heteroatoms. The number of benzene rings is 1. The van der Waals surface area contributed by atoms with Crippen LogP contribution in [0.1, 0.15) is 11.1 Å². The van der Waals surface area contributed by atoms with Gasteiger partial charge in [0.25, 0.3) is 0 Å². The summed E-state index contributed by atoms with van der Waals surface area (Å²) in [4.78, 5) is 0. The van der Waals surface area contributed by atoms with Crippen molar-refractivity contribution < 1.29 is 18.3 Å². The smallest absolute Gasteiger partial charge is 0.382 e. The van der Waals surface area contributed by atoms with Crippen LogP contribution in [-0.2, 0) is 12.8 Å². The number of halogens is 4. The average molecular weight is 280 g/mol. The van der Waals surface area contributed by atoms with Crippen molar-refractivity contribution in [3.8, 4) is 0 Å². The van der Waals surface area contributed by atoms with E-state index >= 15 is 0 Å². The molecule has 0 fully saturated rings. The van der Waals surface area contributed by atoms with E-state index in [1.807, 2.05) is 12.1 Å². The molecule has 0 radical (unpaired) electrons. The van der Waals surface area contributed by atoms with Crippen LogP contribution < -0.4 is 5.32 Å². The second-order valence-corrected chi connectivity index (χ2v) is 4.92. The third kappa shape index (κ3) is 3.16. The minimum Gasteiger partial charge on any atom is -0.382 e. The molecule has 2 rings (SSSR count). The molecule has 1 aromatic rings. The monoisotopic (exact) mass is 279 g/mol. The van der Waals surface area contributed by atoms with E-state index in [-0.39, 0.29) is 6.04 Å². The lowest BCUT2D eigenvalue weighted by atomic mass is 10.1. The van der Waals surface area contributed by atoms with Gasteiger partial charge in [-0.1, -0.05) is 17.7 Å². The van der Waals surface area contributed by atoms with Crippen LogP contribution in [0, 0.1) is 0 Å². The highest BCUT2D eigenvalue weighted by atomic mass is 35.5. The van der Waals surface area contributed by atoms with Gasteiger partial charge in [0.1, 0.15) is 0 Å². The summed E-state index contributed by atoms with van der Waals surface area (Å²) in [6, 6.07) is 5.42. The minimum atomic E-state index is -4.57. The topological polar surface area (TPSA) is 32.3 Å². The van der Waals surface area contributed by atoms with Crippen LogP contribution in [0.25, 0.3) is 0 Å². The molecule has 0 saturated heterocycles. The van der Waals surface area contributed by atoms with Gasteiger partial charge in [0.2, 0.25) is 0 Å². The van der Waals surface area contributed by atoms with Crippen molar-refractivity contribution in [2.75, 3.05) is 6.54 Å². The Labute approximate surface area is 108 Å². The molecule has 0 aliphatic heterocycles. The van der Waals surface area contributed by atoms with Gasteiger partial charge in [-0.25, -0.2) is 0 Å². The van der Waals surface area contributed by atoms with Crippen LogP contribution in [0.2, 0.25) is 5.02 Å². The molecule has 2 N–H and O–H groups in total. The molecule has 1 aliphatic carbocycles. The summed E-state index contributed by atoms with van der Waals surface area (Å²) < 4.78 is 36.4. The van der Waals surface area contributed by atoms with E-state index in [4.69, 9.17) is 16.7 Å². The molecule has 18 heavy (non-hydrogen) atoms. The zero-order valence-corrected chi connectivity index (χ0v) is 10.2. The van der Waals surface area contributed by atoms with Crippen molar-refractivity contribution in [3.63, 3.8) is 0 Å². The summed E-state index contributed by atoms with van der Waals surface area (Å²) in [5.41, 5.74) is 2.15. The minimum absolute atomic E-state index is 0.0736. The summed E-state index contributed by atoms with van der Waals surface area (Å²) in [5, 5.41) is 12.3. The third-order valence-corrected chi connectivity index (χ3v) is 3.31. The number of fused-ring (bicyclic) bond motifs is 1. The van der Waals surface area contributed by atoms with Crippen LogP contribution in [0.3, 0.4) is 0 Å². The second-order valence-electron chi connectivity index (χ2n) is 4.48.